The fraction of sp³-hybridized carbons (Fsp3) is 0.727. The molecule has 0 aliphatic rings. The lowest BCUT2D eigenvalue weighted by Gasteiger charge is -2.12. The van der Waals surface area contributed by atoms with Crippen LogP contribution >= 0.6 is 0 Å². The Morgan fingerprint density at radius 3 is 2.46 bits per heavy atom. The zero-order chi connectivity index (χ0) is 10.3. The summed E-state index contributed by atoms with van der Waals surface area (Å²) in [5.41, 5.74) is 2.98. The number of allylic oxidation sites excluding steroid dienone is 1. The maximum atomic E-state index is 11.5. The number of hydrogen-bond acceptors (Lipinski definition) is 1. The van der Waals surface area contributed by atoms with Gasteiger partial charge in [0.25, 0.3) is 0 Å². The van der Waals surface area contributed by atoms with Crippen LogP contribution in [0, 0.1) is 0 Å². The van der Waals surface area contributed by atoms with E-state index in [0.29, 0.717) is 0 Å². The topological polar surface area (TPSA) is 17.1 Å². The summed E-state index contributed by atoms with van der Waals surface area (Å²) >= 11 is 0. The molecule has 0 aromatic carbocycles. The molecule has 0 rings (SSSR count). The predicted molar refractivity (Wildman–Crippen MR) is 60.1 cm³/mol. The van der Waals surface area contributed by atoms with E-state index in [1.54, 1.807) is 5.41 Å². The van der Waals surface area contributed by atoms with Crippen molar-refractivity contribution in [2.75, 3.05) is 0 Å². The first-order chi connectivity index (χ1) is 5.98. The zero-order valence-corrected chi connectivity index (χ0v) is 9.91. The third kappa shape index (κ3) is 6.80. The van der Waals surface area contributed by atoms with E-state index >= 15 is 0 Å². The van der Waals surface area contributed by atoms with Crippen molar-refractivity contribution in [3.8, 4) is 0 Å². The van der Waals surface area contributed by atoms with Crippen molar-refractivity contribution >= 4 is 10.8 Å². The lowest BCUT2D eigenvalue weighted by atomic mass is 10.2. The minimum Gasteiger partial charge on any atom is -0.254 e. The molecule has 0 bridgehead atoms. The molecule has 0 aromatic heterocycles. The van der Waals surface area contributed by atoms with Gasteiger partial charge in [0.1, 0.15) is 0 Å². The molecular formula is C11H20OS. The van der Waals surface area contributed by atoms with E-state index in [1.165, 1.54) is 12.8 Å². The summed E-state index contributed by atoms with van der Waals surface area (Å²) in [4.78, 5) is 0. The van der Waals surface area contributed by atoms with Gasteiger partial charge in [-0.1, -0.05) is 13.3 Å². The van der Waals surface area contributed by atoms with E-state index in [9.17, 15) is 4.21 Å². The molecule has 0 heterocycles. The summed E-state index contributed by atoms with van der Waals surface area (Å²) in [5.74, 6) is 0. The zero-order valence-electron chi connectivity index (χ0n) is 9.09. The smallest absolute Gasteiger partial charge is 0.0588 e. The lowest BCUT2D eigenvalue weighted by molar-refractivity contribution is 0.656. The monoisotopic (exact) mass is 200 g/mol. The maximum absolute atomic E-state index is 11.5. The summed E-state index contributed by atoms with van der Waals surface area (Å²) in [7, 11) is -0.910. The molecule has 0 aromatic rings. The van der Waals surface area contributed by atoms with Crippen LogP contribution in [-0.4, -0.2) is 8.96 Å². The maximum Gasteiger partial charge on any atom is 0.0588 e. The van der Waals surface area contributed by atoms with Gasteiger partial charge in [-0.15, -0.1) is 5.73 Å². The van der Waals surface area contributed by atoms with Gasteiger partial charge in [-0.3, -0.25) is 4.21 Å². The van der Waals surface area contributed by atoms with Gasteiger partial charge >= 0.3 is 0 Å². The Hall–Kier alpha value is -0.330. The van der Waals surface area contributed by atoms with E-state index in [2.05, 4.69) is 12.7 Å². The molecule has 0 saturated carbocycles. The molecule has 0 N–H and O–H groups in total. The van der Waals surface area contributed by atoms with E-state index in [4.69, 9.17) is 0 Å². The normalized spacial score (nSPS) is 13.2. The van der Waals surface area contributed by atoms with Crippen LogP contribution in [0.15, 0.2) is 17.2 Å². The van der Waals surface area contributed by atoms with Crippen LogP contribution in [-0.2, 0) is 10.8 Å². The van der Waals surface area contributed by atoms with Crippen molar-refractivity contribution in [2.24, 2.45) is 0 Å². The molecule has 2 heteroatoms. The van der Waals surface area contributed by atoms with Crippen molar-refractivity contribution < 1.29 is 4.21 Å². The van der Waals surface area contributed by atoms with Crippen LogP contribution in [0.1, 0.15) is 47.0 Å². The van der Waals surface area contributed by atoms with Crippen molar-refractivity contribution in [3.05, 3.63) is 17.2 Å². The molecular weight excluding hydrogens is 180 g/mol. The Bertz CT molecular complexity index is 217. The molecule has 0 unspecified atom stereocenters. The minimum atomic E-state index is -0.910. The molecule has 0 fully saturated rings. The third-order valence-corrected chi connectivity index (χ3v) is 3.16. The number of unbranched alkanes of at least 4 members (excludes halogenated alkanes) is 2. The molecule has 13 heavy (non-hydrogen) atoms. The van der Waals surface area contributed by atoms with Gasteiger partial charge in [-0.25, -0.2) is 0 Å². The standard InChI is InChI=1S/C11H20OS/c1-5-6-7-8-9-10-13(12)11(2,3)4/h8,10H,5-7H2,1-4H3/t9?,13-/m1/s1. The molecule has 0 spiro atoms. The largest absolute Gasteiger partial charge is 0.254 e. The Morgan fingerprint density at radius 2 is 2.00 bits per heavy atom. The highest BCUT2D eigenvalue weighted by Gasteiger charge is 2.15. The van der Waals surface area contributed by atoms with Crippen LogP contribution in [0.4, 0.5) is 0 Å². The Labute approximate surface area is 84.4 Å². The molecule has 0 amide bonds. The molecule has 1 nitrogen and oxygen atoms in total. The van der Waals surface area contributed by atoms with Crippen LogP contribution in [0.5, 0.6) is 0 Å². The van der Waals surface area contributed by atoms with Gasteiger partial charge in [-0.05, 0) is 39.7 Å². The second-order valence-electron chi connectivity index (χ2n) is 4.04. The molecule has 0 radical (unpaired) electrons. The van der Waals surface area contributed by atoms with Crippen molar-refractivity contribution in [1.82, 2.24) is 0 Å². The summed E-state index contributed by atoms with van der Waals surface area (Å²) < 4.78 is 11.3. The molecule has 0 saturated heterocycles. The average Bonchev–Trinajstić information content (AvgIpc) is 2.02. The van der Waals surface area contributed by atoms with Gasteiger partial charge < -0.3 is 0 Å². The average molecular weight is 200 g/mol. The van der Waals surface area contributed by atoms with Crippen LogP contribution in [0.2, 0.25) is 0 Å². The van der Waals surface area contributed by atoms with Crippen molar-refractivity contribution in [3.63, 3.8) is 0 Å². The van der Waals surface area contributed by atoms with Gasteiger partial charge in [0.15, 0.2) is 0 Å². The second kappa shape index (κ2) is 6.17. The number of rotatable bonds is 4. The summed E-state index contributed by atoms with van der Waals surface area (Å²) in [6, 6.07) is 0. The Morgan fingerprint density at radius 1 is 1.38 bits per heavy atom. The fourth-order valence-electron chi connectivity index (χ4n) is 0.676. The SMILES string of the molecule is CCCCC=C=C[S@@](=O)C(C)(C)C. The summed E-state index contributed by atoms with van der Waals surface area (Å²) in [6.45, 7) is 8.05. The first-order valence-corrected chi connectivity index (χ1v) is 6.01. The lowest BCUT2D eigenvalue weighted by Crippen LogP contribution is -2.19. The van der Waals surface area contributed by atoms with Crippen molar-refractivity contribution in [1.29, 1.82) is 0 Å². The quantitative estimate of drug-likeness (QED) is 0.502. The van der Waals surface area contributed by atoms with Gasteiger partial charge in [-0.2, -0.15) is 0 Å². The van der Waals surface area contributed by atoms with Gasteiger partial charge in [0.05, 0.1) is 10.8 Å². The van der Waals surface area contributed by atoms with E-state index in [-0.39, 0.29) is 4.75 Å². The summed E-state index contributed by atoms with van der Waals surface area (Å²) in [6.07, 6.45) is 5.38. The van der Waals surface area contributed by atoms with E-state index in [0.717, 1.165) is 6.42 Å². The first kappa shape index (κ1) is 12.7. The third-order valence-electron chi connectivity index (χ3n) is 1.60. The van der Waals surface area contributed by atoms with E-state index < -0.39 is 10.8 Å². The number of hydrogen-bond donors (Lipinski definition) is 0. The Kier molecular flexibility index (Phi) is 6.02. The molecule has 0 aliphatic heterocycles. The first-order valence-electron chi connectivity index (χ1n) is 4.80. The van der Waals surface area contributed by atoms with Crippen LogP contribution in [0.25, 0.3) is 0 Å². The minimum absolute atomic E-state index is 0.161. The van der Waals surface area contributed by atoms with Gasteiger partial charge in [0.2, 0.25) is 0 Å². The molecule has 0 aliphatic carbocycles. The highest BCUT2D eigenvalue weighted by atomic mass is 32.2. The van der Waals surface area contributed by atoms with Gasteiger partial charge in [0, 0.05) is 10.2 Å². The highest BCUT2D eigenvalue weighted by Crippen LogP contribution is 2.11. The molecule has 76 valence electrons. The predicted octanol–water partition coefficient (Wildman–Crippen LogP) is 3.39. The van der Waals surface area contributed by atoms with Crippen molar-refractivity contribution in [2.45, 2.75) is 51.7 Å². The highest BCUT2D eigenvalue weighted by molar-refractivity contribution is 7.89. The molecule has 1 atom stereocenters. The second-order valence-corrected chi connectivity index (χ2v) is 6.10. The van der Waals surface area contributed by atoms with Crippen LogP contribution in [0.3, 0.4) is 0 Å². The van der Waals surface area contributed by atoms with Crippen LogP contribution < -0.4 is 0 Å². The Balaban J connectivity index is 3.98. The summed E-state index contributed by atoms with van der Waals surface area (Å²) in [5, 5.41) is 1.66. The van der Waals surface area contributed by atoms with E-state index in [1.807, 2.05) is 26.8 Å². The fourth-order valence-corrected chi connectivity index (χ4v) is 1.25.